The van der Waals surface area contributed by atoms with E-state index in [9.17, 15) is 18.9 Å². The molecule has 7 heterocycles. The van der Waals surface area contributed by atoms with Gasteiger partial charge in [-0.3, -0.25) is 29.4 Å². The predicted octanol–water partition coefficient (Wildman–Crippen LogP) is 7.40. The van der Waals surface area contributed by atoms with Crippen molar-refractivity contribution in [1.29, 1.82) is 0 Å². The fourth-order valence-corrected chi connectivity index (χ4v) is 13.2. The summed E-state index contributed by atoms with van der Waals surface area (Å²) in [6.07, 6.45) is 7.62. The highest BCUT2D eigenvalue weighted by atomic mass is 79.9. The van der Waals surface area contributed by atoms with Crippen molar-refractivity contribution in [1.82, 2.24) is 34.6 Å². The van der Waals surface area contributed by atoms with Crippen molar-refractivity contribution in [3.8, 4) is 5.75 Å². The van der Waals surface area contributed by atoms with Gasteiger partial charge in [0.15, 0.2) is 5.58 Å². The van der Waals surface area contributed by atoms with Crippen LogP contribution in [-0.4, -0.2) is 112 Å². The third-order valence-electron chi connectivity index (χ3n) is 14.2. The molecule has 356 valence electrons. The summed E-state index contributed by atoms with van der Waals surface area (Å²) in [6, 6.07) is 14.6. The molecule has 4 aliphatic rings. The number of anilines is 5. The number of fused-ring (bicyclic) bond motifs is 2. The number of nitrogens with zero attached hydrogens (tertiary/aromatic N) is 7. The fourth-order valence-electron chi connectivity index (χ4n) is 10.3. The minimum atomic E-state index is -2.57. The van der Waals surface area contributed by atoms with Crippen LogP contribution in [0.5, 0.6) is 5.75 Å². The Morgan fingerprint density at radius 1 is 0.941 bits per heavy atom. The first-order valence-electron chi connectivity index (χ1n) is 23.5. The third-order valence-corrected chi connectivity index (χ3v) is 18.1. The van der Waals surface area contributed by atoms with Crippen LogP contribution >= 0.6 is 23.1 Å². The molecule has 4 saturated heterocycles. The normalized spacial score (nSPS) is 19.3. The zero-order valence-electron chi connectivity index (χ0n) is 38.4. The molecule has 3 aromatic heterocycles. The van der Waals surface area contributed by atoms with Gasteiger partial charge in [0.2, 0.25) is 17.8 Å². The first-order chi connectivity index (χ1) is 32.9. The summed E-state index contributed by atoms with van der Waals surface area (Å²) in [5, 5.41) is 10.9. The molecule has 3 aromatic carbocycles. The number of hydrogen-bond donors (Lipinski definition) is 3. The number of carbonyl (C=O) groups is 2. The Balaban J connectivity index is 0.756. The smallest absolute Gasteiger partial charge is 0.420 e. The van der Waals surface area contributed by atoms with Crippen molar-refractivity contribution in [3.05, 3.63) is 92.4 Å². The van der Waals surface area contributed by atoms with E-state index in [2.05, 4.69) is 70.6 Å². The van der Waals surface area contributed by atoms with Crippen molar-refractivity contribution in [3.63, 3.8) is 0 Å². The third kappa shape index (κ3) is 9.03. The molecule has 2 amide bonds. The Labute approximate surface area is 401 Å². The molecule has 0 saturated carbocycles. The second kappa shape index (κ2) is 19.0. The van der Waals surface area contributed by atoms with E-state index < -0.39 is 36.6 Å². The summed E-state index contributed by atoms with van der Waals surface area (Å²) < 4.78 is 42.8. The second-order valence-electron chi connectivity index (χ2n) is 18.3. The van der Waals surface area contributed by atoms with E-state index in [-0.39, 0.29) is 23.9 Å². The number of halogens is 2. The first kappa shape index (κ1) is 46.1. The highest BCUT2D eigenvalue weighted by Crippen LogP contribution is 2.56. The predicted molar refractivity (Wildman–Crippen MR) is 266 cm³/mol. The topological polar surface area (TPSA) is 180 Å². The lowest BCUT2D eigenvalue weighted by Crippen LogP contribution is -2.53. The van der Waals surface area contributed by atoms with Gasteiger partial charge in [0.1, 0.15) is 30.6 Å². The van der Waals surface area contributed by atoms with Crippen molar-refractivity contribution < 1.29 is 27.7 Å². The van der Waals surface area contributed by atoms with E-state index in [1.807, 2.05) is 31.2 Å². The average Bonchev–Trinajstić information content (AvgIpc) is 3.64. The largest absolute Gasteiger partial charge is 0.494 e. The number of rotatable bonds is 13. The van der Waals surface area contributed by atoms with Crippen LogP contribution in [0.4, 0.5) is 33.2 Å². The highest BCUT2D eigenvalue weighted by molar-refractivity contribution is 9.10. The van der Waals surface area contributed by atoms with Gasteiger partial charge in [0.05, 0.1) is 34.0 Å². The molecule has 3 N–H and O–H groups in total. The summed E-state index contributed by atoms with van der Waals surface area (Å²) in [4.78, 5) is 58.5. The summed E-state index contributed by atoms with van der Waals surface area (Å²) in [5.74, 6) is -0.547. The van der Waals surface area contributed by atoms with Crippen LogP contribution in [-0.2, 0) is 27.0 Å². The van der Waals surface area contributed by atoms with Crippen molar-refractivity contribution in [2.75, 3.05) is 80.8 Å². The van der Waals surface area contributed by atoms with Gasteiger partial charge in [-0.25, -0.2) is 14.2 Å². The molecule has 1 atom stereocenters. The zero-order valence-corrected chi connectivity index (χ0v) is 40.9. The standard InChI is InChI=1S/C49H55BrFN10O6P/c1-4-30-24-38(55-48-52-28-34(50)46(57-48)54-37-9-8-36-33(7-6-29(2)53-36)45(37)68(65)22-5-23-68)42(66-3)27-40(30)60-16-13-32(14-17-60)59-20-18-58(19-21-59)15-12-31-25-43-41(26-35(31)51)61(49(64)67-43)39-10-11-44(62)56-47(39)63/h6-9,24-28,32,39H,4-5,10-23H2,1-3H3,(H,56,62,63)(H2,52,54,55,57). The number of hydrogen-bond acceptors (Lipinski definition) is 14. The van der Waals surface area contributed by atoms with Gasteiger partial charge in [0.25, 0.3) is 0 Å². The number of piperidine rings is 2. The molecule has 10 rings (SSSR count). The van der Waals surface area contributed by atoms with Gasteiger partial charge in [-0.1, -0.05) is 13.0 Å². The lowest BCUT2D eigenvalue weighted by molar-refractivity contribution is -0.135. The van der Waals surface area contributed by atoms with Crippen LogP contribution in [0, 0.1) is 12.7 Å². The minimum Gasteiger partial charge on any atom is -0.494 e. The molecular weight excluding hydrogens is 954 g/mol. The Hall–Kier alpha value is -5.68. The van der Waals surface area contributed by atoms with E-state index >= 15 is 4.39 Å². The van der Waals surface area contributed by atoms with Crippen LogP contribution in [0.15, 0.2) is 68.4 Å². The maximum Gasteiger partial charge on any atom is 0.420 e. The Morgan fingerprint density at radius 3 is 2.46 bits per heavy atom. The number of aryl methyl sites for hydroxylation is 2. The maximum absolute atomic E-state index is 15.5. The minimum absolute atomic E-state index is 0.0963. The molecular formula is C49H55BrFN10O6P. The SMILES string of the molecule is CCc1cc(Nc2ncc(Br)c(Nc3ccc4nc(C)ccc4c3P3(=O)CCC3)n2)c(OC)cc1N1CCC(N2CCN(CCc3cc4oc(=O)n(C5CCC(=O)NC5=O)c4cc3F)CC2)CC1. The van der Waals surface area contributed by atoms with Gasteiger partial charge in [-0.15, -0.1) is 0 Å². The fraction of sp³-hybridized carbons (Fsp3) is 0.429. The van der Waals surface area contributed by atoms with Crippen LogP contribution in [0.2, 0.25) is 0 Å². The van der Waals surface area contributed by atoms with Gasteiger partial charge in [-0.05, 0) is 103 Å². The molecule has 4 fully saturated rings. The van der Waals surface area contributed by atoms with E-state index in [4.69, 9.17) is 19.1 Å². The Bertz CT molecular complexity index is 3050. The van der Waals surface area contributed by atoms with Crippen molar-refractivity contribution in [2.24, 2.45) is 0 Å². The lowest BCUT2D eigenvalue weighted by atomic mass is 9.99. The summed E-state index contributed by atoms with van der Waals surface area (Å²) in [5.41, 5.74) is 6.53. The van der Waals surface area contributed by atoms with Crippen molar-refractivity contribution in [2.45, 2.75) is 70.9 Å². The van der Waals surface area contributed by atoms with Crippen LogP contribution in [0.1, 0.15) is 61.9 Å². The molecule has 16 nitrogen and oxygen atoms in total. The quantitative estimate of drug-likeness (QED) is 0.0770. The van der Waals surface area contributed by atoms with Crippen LogP contribution in [0.3, 0.4) is 0 Å². The highest BCUT2D eigenvalue weighted by Gasteiger charge is 2.37. The molecule has 0 spiro atoms. The van der Waals surface area contributed by atoms with Crippen molar-refractivity contribution >= 4 is 91.0 Å². The molecule has 68 heavy (non-hydrogen) atoms. The number of aromatic nitrogens is 4. The first-order valence-corrected chi connectivity index (χ1v) is 26.4. The average molecular weight is 1010 g/mol. The number of benzene rings is 3. The second-order valence-corrected chi connectivity index (χ2v) is 22.3. The Morgan fingerprint density at radius 2 is 1.74 bits per heavy atom. The molecule has 0 radical (unpaired) electrons. The van der Waals surface area contributed by atoms with Crippen LogP contribution < -0.4 is 36.6 Å². The summed E-state index contributed by atoms with van der Waals surface area (Å²) in [6.45, 7) is 10.2. The number of oxazole rings is 1. The van der Waals surface area contributed by atoms with Gasteiger partial charge >= 0.3 is 5.76 Å². The molecule has 1 unspecified atom stereocenters. The molecule has 0 aliphatic carbocycles. The lowest BCUT2D eigenvalue weighted by Gasteiger charge is -2.43. The van der Waals surface area contributed by atoms with Gasteiger partial charge < -0.3 is 34.2 Å². The number of amides is 2. The number of imide groups is 1. The Kier molecular flexibility index (Phi) is 12.9. The number of ether oxygens (including phenoxy) is 1. The van der Waals surface area contributed by atoms with E-state index in [0.717, 1.165) is 108 Å². The molecule has 19 heteroatoms. The van der Waals surface area contributed by atoms with Gasteiger partial charge in [-0.2, -0.15) is 4.98 Å². The maximum atomic E-state index is 15.5. The van der Waals surface area contributed by atoms with E-state index in [1.54, 1.807) is 19.4 Å². The number of carbonyl (C=O) groups excluding carboxylic acids is 2. The molecule has 0 bridgehead atoms. The molecule has 4 aliphatic heterocycles. The monoisotopic (exact) mass is 1010 g/mol. The number of piperazine rings is 1. The number of nitrogens with one attached hydrogen (secondary N) is 3. The number of methoxy groups -OCH3 is 1. The van der Waals surface area contributed by atoms with E-state index in [0.29, 0.717) is 58.9 Å². The van der Waals surface area contributed by atoms with Gasteiger partial charge in [0, 0.05) is 111 Å². The summed E-state index contributed by atoms with van der Waals surface area (Å²) in [7, 11) is -0.893. The number of pyridine rings is 1. The van der Waals surface area contributed by atoms with E-state index in [1.165, 1.54) is 11.6 Å². The zero-order chi connectivity index (χ0) is 47.3. The molecule has 6 aromatic rings. The summed E-state index contributed by atoms with van der Waals surface area (Å²) >= 11 is 3.64. The van der Waals surface area contributed by atoms with Crippen LogP contribution in [0.25, 0.3) is 22.0 Å².